The predicted molar refractivity (Wildman–Crippen MR) is 87.0 cm³/mol. The molecule has 0 saturated carbocycles. The fourth-order valence-corrected chi connectivity index (χ4v) is 3.46. The molecule has 1 aliphatic rings. The van der Waals surface area contributed by atoms with Crippen molar-refractivity contribution in [1.29, 1.82) is 0 Å². The van der Waals surface area contributed by atoms with Crippen LogP contribution in [-0.4, -0.2) is 22.9 Å². The molecule has 0 amide bonds. The fraction of sp³-hybridized carbons (Fsp3) is 0.471. The van der Waals surface area contributed by atoms with Gasteiger partial charge in [0.15, 0.2) is 0 Å². The van der Waals surface area contributed by atoms with Gasteiger partial charge in [-0.05, 0) is 18.9 Å². The summed E-state index contributed by atoms with van der Waals surface area (Å²) in [6, 6.07) is 8.89. The standard InChI is InChI=1S/C17H22ClN3/c1-4-14-16(18)15(21(3)20-14)9-17(10-19-11-17)13-7-5-12(2)6-8-13/h5-8,19H,4,9-11H2,1-3H3. The highest BCUT2D eigenvalue weighted by atomic mass is 35.5. The van der Waals surface area contributed by atoms with E-state index in [1.165, 1.54) is 11.1 Å². The monoisotopic (exact) mass is 303 g/mol. The van der Waals surface area contributed by atoms with Gasteiger partial charge < -0.3 is 5.32 Å². The molecule has 0 spiro atoms. The molecule has 1 saturated heterocycles. The largest absolute Gasteiger partial charge is 0.315 e. The maximum atomic E-state index is 6.53. The Morgan fingerprint density at radius 3 is 2.43 bits per heavy atom. The van der Waals surface area contributed by atoms with Crippen LogP contribution in [0.25, 0.3) is 0 Å². The van der Waals surface area contributed by atoms with Gasteiger partial charge in [-0.3, -0.25) is 4.68 Å². The molecule has 0 unspecified atom stereocenters. The first kappa shape index (κ1) is 14.6. The quantitative estimate of drug-likeness (QED) is 0.941. The second-order valence-corrected chi connectivity index (χ2v) is 6.49. The number of rotatable bonds is 4. The van der Waals surface area contributed by atoms with Crippen LogP contribution in [0.15, 0.2) is 24.3 Å². The van der Waals surface area contributed by atoms with E-state index in [4.69, 9.17) is 11.6 Å². The van der Waals surface area contributed by atoms with Crippen molar-refractivity contribution < 1.29 is 0 Å². The zero-order valence-corrected chi connectivity index (χ0v) is 13.7. The molecule has 1 aliphatic heterocycles. The minimum Gasteiger partial charge on any atom is -0.315 e. The van der Waals surface area contributed by atoms with Crippen molar-refractivity contribution in [3.63, 3.8) is 0 Å². The molecule has 112 valence electrons. The van der Waals surface area contributed by atoms with Crippen molar-refractivity contribution >= 4 is 11.6 Å². The van der Waals surface area contributed by atoms with E-state index in [1.54, 1.807) is 0 Å². The van der Waals surface area contributed by atoms with Crippen LogP contribution in [0, 0.1) is 6.92 Å². The molecule has 1 fully saturated rings. The normalized spacial score (nSPS) is 16.8. The number of nitrogens with zero attached hydrogens (tertiary/aromatic N) is 2. The van der Waals surface area contributed by atoms with Gasteiger partial charge in [0.2, 0.25) is 0 Å². The highest BCUT2D eigenvalue weighted by Gasteiger charge is 2.40. The molecule has 21 heavy (non-hydrogen) atoms. The third kappa shape index (κ3) is 2.49. The molecule has 3 nitrogen and oxygen atoms in total. The van der Waals surface area contributed by atoms with E-state index < -0.39 is 0 Å². The molecule has 4 heteroatoms. The van der Waals surface area contributed by atoms with E-state index in [2.05, 4.69) is 48.5 Å². The molecule has 3 rings (SSSR count). The smallest absolute Gasteiger partial charge is 0.0850 e. The lowest BCUT2D eigenvalue weighted by molar-refractivity contribution is 0.270. The van der Waals surface area contributed by atoms with Gasteiger partial charge in [-0.1, -0.05) is 48.4 Å². The average Bonchev–Trinajstić information content (AvgIpc) is 2.70. The van der Waals surface area contributed by atoms with Crippen LogP contribution in [0.5, 0.6) is 0 Å². The maximum Gasteiger partial charge on any atom is 0.0850 e. The van der Waals surface area contributed by atoms with Gasteiger partial charge >= 0.3 is 0 Å². The molecule has 0 aliphatic carbocycles. The Morgan fingerprint density at radius 1 is 1.29 bits per heavy atom. The van der Waals surface area contributed by atoms with Crippen LogP contribution in [0.3, 0.4) is 0 Å². The topological polar surface area (TPSA) is 29.9 Å². The number of hydrogen-bond acceptors (Lipinski definition) is 2. The van der Waals surface area contributed by atoms with Gasteiger partial charge in [-0.25, -0.2) is 0 Å². The Bertz CT molecular complexity index is 639. The van der Waals surface area contributed by atoms with Crippen molar-refractivity contribution in [2.45, 2.75) is 32.1 Å². The summed E-state index contributed by atoms with van der Waals surface area (Å²) < 4.78 is 1.95. The third-order valence-electron chi connectivity index (χ3n) is 4.60. The molecule has 2 aromatic rings. The SMILES string of the molecule is CCc1nn(C)c(CC2(c3ccc(C)cc3)CNC2)c1Cl. The minimum atomic E-state index is 0.149. The summed E-state index contributed by atoms with van der Waals surface area (Å²) in [4.78, 5) is 0. The third-order valence-corrected chi connectivity index (χ3v) is 5.04. The lowest BCUT2D eigenvalue weighted by Crippen LogP contribution is -2.58. The molecule has 1 aromatic carbocycles. The van der Waals surface area contributed by atoms with Crippen LogP contribution in [-0.2, 0) is 25.3 Å². The van der Waals surface area contributed by atoms with Crippen molar-refractivity contribution in [1.82, 2.24) is 15.1 Å². The molecule has 2 heterocycles. The molecule has 1 N–H and O–H groups in total. The number of aryl methyl sites for hydroxylation is 3. The van der Waals surface area contributed by atoms with Gasteiger partial charge in [0, 0.05) is 32.0 Å². The summed E-state index contributed by atoms with van der Waals surface area (Å²) in [5.41, 5.74) is 4.99. The van der Waals surface area contributed by atoms with E-state index in [-0.39, 0.29) is 5.41 Å². The van der Waals surface area contributed by atoms with Crippen molar-refractivity contribution in [2.24, 2.45) is 7.05 Å². The lowest BCUT2D eigenvalue weighted by Gasteiger charge is -2.43. The van der Waals surface area contributed by atoms with Gasteiger partial charge in [0.1, 0.15) is 0 Å². The predicted octanol–water partition coefficient (Wildman–Crippen LogP) is 3.03. The molecule has 1 aromatic heterocycles. The number of benzene rings is 1. The summed E-state index contributed by atoms with van der Waals surface area (Å²) >= 11 is 6.53. The average molecular weight is 304 g/mol. The molecular weight excluding hydrogens is 282 g/mol. The van der Waals surface area contributed by atoms with Gasteiger partial charge in [0.05, 0.1) is 16.4 Å². The molecule has 0 radical (unpaired) electrons. The highest BCUT2D eigenvalue weighted by Crippen LogP contribution is 2.35. The van der Waals surface area contributed by atoms with Crippen LogP contribution in [0.1, 0.15) is 29.4 Å². The first-order valence-electron chi connectivity index (χ1n) is 7.54. The minimum absolute atomic E-state index is 0.149. The van der Waals surface area contributed by atoms with Gasteiger partial charge in [-0.2, -0.15) is 5.10 Å². The van der Waals surface area contributed by atoms with Crippen LogP contribution in [0.4, 0.5) is 0 Å². The Morgan fingerprint density at radius 2 is 1.95 bits per heavy atom. The summed E-state index contributed by atoms with van der Waals surface area (Å²) in [6.45, 7) is 6.22. The van der Waals surface area contributed by atoms with E-state index >= 15 is 0 Å². The second kappa shape index (κ2) is 5.47. The summed E-state index contributed by atoms with van der Waals surface area (Å²) in [7, 11) is 2.00. The van der Waals surface area contributed by atoms with Crippen molar-refractivity contribution in [3.05, 3.63) is 51.8 Å². The zero-order valence-electron chi connectivity index (χ0n) is 12.9. The molecule has 0 atom stereocenters. The number of aromatic nitrogens is 2. The molecule has 0 bridgehead atoms. The maximum absolute atomic E-state index is 6.53. The Balaban J connectivity index is 1.95. The Labute approximate surface area is 131 Å². The van der Waals surface area contributed by atoms with Crippen LogP contribution >= 0.6 is 11.6 Å². The highest BCUT2D eigenvalue weighted by molar-refractivity contribution is 6.31. The van der Waals surface area contributed by atoms with E-state index in [1.807, 2.05) is 11.7 Å². The zero-order chi connectivity index (χ0) is 15.0. The lowest BCUT2D eigenvalue weighted by atomic mass is 9.71. The summed E-state index contributed by atoms with van der Waals surface area (Å²) in [5.74, 6) is 0. The van der Waals surface area contributed by atoms with Crippen LogP contribution < -0.4 is 5.32 Å². The summed E-state index contributed by atoms with van der Waals surface area (Å²) in [6.07, 6.45) is 1.81. The van der Waals surface area contributed by atoms with E-state index in [9.17, 15) is 0 Å². The Kier molecular flexibility index (Phi) is 3.80. The van der Waals surface area contributed by atoms with Gasteiger partial charge in [0.25, 0.3) is 0 Å². The Hall–Kier alpha value is -1.32. The molecular formula is C17H22ClN3. The summed E-state index contributed by atoms with van der Waals surface area (Å²) in [5, 5.41) is 8.81. The number of hydrogen-bond donors (Lipinski definition) is 1. The first-order chi connectivity index (χ1) is 10.1. The fourth-order valence-electron chi connectivity index (χ4n) is 3.10. The van der Waals surface area contributed by atoms with E-state index in [0.29, 0.717) is 0 Å². The second-order valence-electron chi connectivity index (χ2n) is 6.11. The number of nitrogens with one attached hydrogen (secondary N) is 1. The van der Waals surface area contributed by atoms with Gasteiger partial charge in [-0.15, -0.1) is 0 Å². The number of halogens is 1. The van der Waals surface area contributed by atoms with Crippen molar-refractivity contribution in [2.75, 3.05) is 13.1 Å². The van der Waals surface area contributed by atoms with Crippen LogP contribution in [0.2, 0.25) is 5.02 Å². The van der Waals surface area contributed by atoms with Crippen molar-refractivity contribution in [3.8, 4) is 0 Å². The first-order valence-corrected chi connectivity index (χ1v) is 7.91. The van der Waals surface area contributed by atoms with E-state index in [0.717, 1.165) is 42.3 Å².